The van der Waals surface area contributed by atoms with Crippen molar-refractivity contribution in [2.45, 2.75) is 0 Å². The molecule has 0 fully saturated rings. The van der Waals surface area contributed by atoms with E-state index in [1.807, 2.05) is 6.07 Å². The number of para-hydroxylation sites is 2. The maximum Gasteiger partial charge on any atom is 0.282 e. The Kier molecular flexibility index (Phi) is 10.2. The number of hydrogen-bond donors (Lipinski definition) is 4. The van der Waals surface area contributed by atoms with Crippen LogP contribution in [0.4, 0.5) is 22.7 Å². The number of fused-ring (bicyclic) bond motifs is 1. The molecule has 45 heavy (non-hydrogen) atoms. The minimum Gasteiger partial charge on any atom is -0.394 e. The van der Waals surface area contributed by atoms with E-state index in [9.17, 15) is 34.6 Å². The number of aromatic amines is 2. The summed E-state index contributed by atoms with van der Waals surface area (Å²) in [5, 5.41) is 24.8. The zero-order valence-electron chi connectivity index (χ0n) is 22.9. The Bertz CT molecular complexity index is 2080. The van der Waals surface area contributed by atoms with Crippen molar-refractivity contribution in [3.05, 3.63) is 150 Å². The Morgan fingerprint density at radius 2 is 1.49 bits per heavy atom. The fourth-order valence-corrected chi connectivity index (χ4v) is 4.63. The van der Waals surface area contributed by atoms with Gasteiger partial charge in [0.05, 0.1) is 32.0 Å². The van der Waals surface area contributed by atoms with Gasteiger partial charge in [0, 0.05) is 55.2 Å². The Labute approximate surface area is 256 Å². The van der Waals surface area contributed by atoms with E-state index in [1.165, 1.54) is 72.4 Å². The average Bonchev–Trinajstić information content (AvgIpc) is 3.49. The van der Waals surface area contributed by atoms with E-state index in [4.69, 9.17) is 5.73 Å². The van der Waals surface area contributed by atoms with E-state index in [2.05, 4.69) is 25.3 Å². The lowest BCUT2D eigenvalue weighted by atomic mass is 10.1. The number of hydrogen-bond acceptors (Lipinski definition) is 11. The van der Waals surface area contributed by atoms with Crippen molar-refractivity contribution in [1.29, 1.82) is 0 Å². The molecule has 0 saturated carbocycles. The Balaban J connectivity index is 0.000000166. The smallest absolute Gasteiger partial charge is 0.282 e. The summed E-state index contributed by atoms with van der Waals surface area (Å²) in [6, 6.07) is 16.6. The van der Waals surface area contributed by atoms with Gasteiger partial charge in [-0.15, -0.1) is 11.3 Å². The monoisotopic (exact) mass is 626 g/mol. The third-order valence-electron chi connectivity index (χ3n) is 5.79. The fourth-order valence-electron chi connectivity index (χ4n) is 3.67. The Morgan fingerprint density at radius 1 is 0.844 bits per heavy atom. The zero-order valence-corrected chi connectivity index (χ0v) is 23.8. The van der Waals surface area contributed by atoms with Gasteiger partial charge >= 0.3 is 0 Å². The second-order valence-electron chi connectivity index (χ2n) is 8.75. The van der Waals surface area contributed by atoms with Crippen LogP contribution in [0.2, 0.25) is 0 Å². The lowest BCUT2D eigenvalue weighted by molar-refractivity contribution is -0.385. The number of anilines is 2. The summed E-state index contributed by atoms with van der Waals surface area (Å²) in [5.41, 5.74) is 5.91. The first-order valence-corrected chi connectivity index (χ1v) is 13.6. The first-order chi connectivity index (χ1) is 21.7. The largest absolute Gasteiger partial charge is 0.394 e. The number of aromatic nitrogens is 4. The first-order valence-electron chi connectivity index (χ1n) is 12.7. The van der Waals surface area contributed by atoms with Gasteiger partial charge in [-0.1, -0.05) is 24.3 Å². The highest BCUT2D eigenvalue weighted by Gasteiger charge is 2.20. The molecule has 0 aliphatic heterocycles. The number of amides is 1. The molecule has 0 aliphatic carbocycles. The number of nitrogens with one attached hydrogen (secondary N) is 3. The van der Waals surface area contributed by atoms with Crippen LogP contribution in [0.15, 0.2) is 114 Å². The maximum absolute atomic E-state index is 11.9. The predicted octanol–water partition coefficient (Wildman–Crippen LogP) is 4.76. The molecule has 0 unspecified atom stereocenters. The molecule has 0 bridgehead atoms. The van der Waals surface area contributed by atoms with Crippen molar-refractivity contribution >= 4 is 50.2 Å². The quantitative estimate of drug-likeness (QED) is 0.151. The highest BCUT2D eigenvalue weighted by Crippen LogP contribution is 2.34. The topological polar surface area (TPSA) is 233 Å². The van der Waals surface area contributed by atoms with Crippen molar-refractivity contribution in [2.75, 3.05) is 11.1 Å². The van der Waals surface area contributed by atoms with Gasteiger partial charge in [-0.3, -0.25) is 39.6 Å². The molecular weight excluding hydrogens is 604 g/mol. The fraction of sp³-hybridized carbons (Fsp3) is 0. The number of carbonyl (C=O) groups excluding carboxylic acids is 1. The van der Waals surface area contributed by atoms with Crippen LogP contribution in [0.1, 0.15) is 10.4 Å². The van der Waals surface area contributed by atoms with Crippen LogP contribution in [0, 0.1) is 20.2 Å². The van der Waals surface area contributed by atoms with Crippen molar-refractivity contribution in [3.8, 4) is 10.6 Å². The molecule has 4 aromatic heterocycles. The molecule has 0 saturated heterocycles. The molecule has 6 rings (SSSR count). The van der Waals surface area contributed by atoms with Gasteiger partial charge in [0.1, 0.15) is 21.8 Å². The number of nitrogens with zero attached hydrogens (tertiary/aromatic N) is 4. The molecule has 16 heteroatoms. The molecule has 15 nitrogen and oxygen atoms in total. The summed E-state index contributed by atoms with van der Waals surface area (Å²) in [6.45, 7) is 0. The Hall–Kier alpha value is -6.55. The highest BCUT2D eigenvalue weighted by atomic mass is 32.1. The van der Waals surface area contributed by atoms with Crippen molar-refractivity contribution in [2.24, 2.45) is 0 Å². The van der Waals surface area contributed by atoms with E-state index in [0.717, 1.165) is 10.2 Å². The van der Waals surface area contributed by atoms with Gasteiger partial charge in [0.2, 0.25) is 10.9 Å². The lowest BCUT2D eigenvalue weighted by Gasteiger charge is -2.04. The summed E-state index contributed by atoms with van der Waals surface area (Å²) in [7, 11) is 0. The minimum absolute atomic E-state index is 0.0330. The van der Waals surface area contributed by atoms with Crippen LogP contribution < -0.4 is 21.9 Å². The number of nitro groups is 2. The zero-order chi connectivity index (χ0) is 32.3. The lowest BCUT2D eigenvalue weighted by Crippen LogP contribution is -2.18. The number of pyridine rings is 3. The third-order valence-corrected chi connectivity index (χ3v) is 6.86. The van der Waals surface area contributed by atoms with Crippen LogP contribution in [-0.2, 0) is 0 Å². The van der Waals surface area contributed by atoms with Crippen LogP contribution in [0.3, 0.4) is 0 Å². The molecular formula is C29H22N8O7S. The van der Waals surface area contributed by atoms with Crippen molar-refractivity contribution < 1.29 is 14.6 Å². The first kappa shape index (κ1) is 31.4. The number of benzene rings is 2. The number of thiazole rings is 1. The average molecular weight is 627 g/mol. The second-order valence-corrected chi connectivity index (χ2v) is 9.78. The van der Waals surface area contributed by atoms with Gasteiger partial charge in [0.15, 0.2) is 0 Å². The SMILES string of the molecule is Nc1c[nH]ccc1=O.O=C(Nc1c[nH]ccc1=O)c1ccccc1[N+](=O)[O-].O=[N+]([O-])c1ccccc1-c1nc2cnccc2s1. The molecule has 5 N–H and O–H groups in total. The molecule has 0 atom stereocenters. The van der Waals surface area contributed by atoms with Gasteiger partial charge < -0.3 is 21.0 Å². The summed E-state index contributed by atoms with van der Waals surface area (Å²) in [6.07, 6.45) is 9.08. The molecule has 4 heterocycles. The summed E-state index contributed by atoms with van der Waals surface area (Å²) in [5.74, 6) is -0.705. The van der Waals surface area contributed by atoms with Crippen LogP contribution >= 0.6 is 11.3 Å². The van der Waals surface area contributed by atoms with Crippen molar-refractivity contribution in [3.63, 3.8) is 0 Å². The number of nitro benzene ring substituents is 2. The van der Waals surface area contributed by atoms with E-state index >= 15 is 0 Å². The minimum atomic E-state index is -0.705. The molecule has 0 spiro atoms. The normalized spacial score (nSPS) is 10.0. The second kappa shape index (κ2) is 14.6. The van der Waals surface area contributed by atoms with E-state index in [0.29, 0.717) is 10.6 Å². The van der Waals surface area contributed by atoms with Gasteiger partial charge in [-0.05, 0) is 18.2 Å². The van der Waals surface area contributed by atoms with E-state index in [1.54, 1.807) is 36.8 Å². The third kappa shape index (κ3) is 8.05. The van der Waals surface area contributed by atoms with Crippen LogP contribution in [-0.4, -0.2) is 35.7 Å². The number of rotatable bonds is 5. The van der Waals surface area contributed by atoms with Gasteiger partial charge in [-0.25, -0.2) is 4.98 Å². The molecule has 6 aromatic rings. The molecule has 226 valence electrons. The van der Waals surface area contributed by atoms with E-state index < -0.39 is 10.8 Å². The van der Waals surface area contributed by atoms with Gasteiger partial charge in [-0.2, -0.15) is 0 Å². The standard InChI is InChI=1S/C12H9N3O4.C12H7N3O2S.C5H6N2O/c16-11-5-6-13-7-9(11)14-12(17)8-3-1-2-4-10(8)15(18)19;16-15(17)10-4-2-1-3-8(10)12-14-9-7-13-6-5-11(9)18-12;6-4-3-7-2-1-5(4)8/h1-7H,(H,13,16)(H,14,17);1-7H;1-3H,6H2,(H,7,8). The molecule has 0 radical (unpaired) electrons. The number of H-pyrrole nitrogens is 2. The molecule has 0 aliphatic rings. The van der Waals surface area contributed by atoms with Crippen molar-refractivity contribution in [1.82, 2.24) is 19.9 Å². The van der Waals surface area contributed by atoms with Crippen LogP contribution in [0.25, 0.3) is 20.8 Å². The highest BCUT2D eigenvalue weighted by molar-refractivity contribution is 7.21. The number of nitrogens with two attached hydrogens (primary N) is 1. The van der Waals surface area contributed by atoms with Gasteiger partial charge in [0.25, 0.3) is 17.3 Å². The summed E-state index contributed by atoms with van der Waals surface area (Å²) >= 11 is 1.43. The maximum atomic E-state index is 11.9. The number of nitrogen functional groups attached to an aromatic ring is 1. The molecule has 2 aromatic carbocycles. The number of carbonyl (C=O) groups is 1. The molecule has 1 amide bonds. The predicted molar refractivity (Wildman–Crippen MR) is 169 cm³/mol. The summed E-state index contributed by atoms with van der Waals surface area (Å²) in [4.78, 5) is 68.3. The Morgan fingerprint density at radius 3 is 2.11 bits per heavy atom. The summed E-state index contributed by atoms with van der Waals surface area (Å²) < 4.78 is 0.971. The van der Waals surface area contributed by atoms with Crippen LogP contribution in [0.5, 0.6) is 0 Å². The van der Waals surface area contributed by atoms with E-state index in [-0.39, 0.29) is 44.1 Å².